The normalized spacial score (nSPS) is 11.2. The van der Waals surface area contributed by atoms with E-state index in [0.717, 1.165) is 5.69 Å². The molecule has 1 heterocycles. The summed E-state index contributed by atoms with van der Waals surface area (Å²) in [6.45, 7) is 3.61. The van der Waals surface area contributed by atoms with E-state index in [1.165, 1.54) is 19.2 Å². The van der Waals surface area contributed by atoms with Crippen molar-refractivity contribution in [1.29, 1.82) is 0 Å². The molecule has 1 aromatic carbocycles. The molecule has 0 amide bonds. The highest BCUT2D eigenvalue weighted by Crippen LogP contribution is 2.28. The van der Waals surface area contributed by atoms with Crippen molar-refractivity contribution in [3.05, 3.63) is 46.2 Å². The van der Waals surface area contributed by atoms with Gasteiger partial charge in [-0.3, -0.25) is 9.71 Å². The van der Waals surface area contributed by atoms with Crippen LogP contribution in [0, 0.1) is 13.8 Å². The molecule has 2 aromatic rings. The van der Waals surface area contributed by atoms with Crippen molar-refractivity contribution in [3.8, 4) is 5.75 Å². The van der Waals surface area contributed by atoms with E-state index in [9.17, 15) is 8.42 Å². The molecule has 0 radical (unpaired) electrons. The number of ether oxygens (including phenoxy) is 1. The van der Waals surface area contributed by atoms with Crippen LogP contribution in [0.2, 0.25) is 0 Å². The average molecular weight is 371 g/mol. The van der Waals surface area contributed by atoms with Crippen molar-refractivity contribution in [1.82, 2.24) is 4.98 Å². The van der Waals surface area contributed by atoms with Gasteiger partial charge in [0, 0.05) is 5.69 Å². The summed E-state index contributed by atoms with van der Waals surface area (Å²) in [4.78, 5) is 4.39. The second-order valence-corrected chi connectivity index (χ2v) is 7.02. The number of aryl methyl sites for hydroxylation is 2. The zero-order valence-corrected chi connectivity index (χ0v) is 14.2. The molecule has 112 valence electrons. The summed E-state index contributed by atoms with van der Waals surface area (Å²) in [6.07, 6.45) is 0. The third kappa shape index (κ3) is 3.54. The summed E-state index contributed by atoms with van der Waals surface area (Å²) in [5, 5.41) is 0. The number of rotatable bonds is 4. The lowest BCUT2D eigenvalue weighted by atomic mass is 10.3. The summed E-state index contributed by atoms with van der Waals surface area (Å²) < 4.78 is 33.0. The minimum absolute atomic E-state index is 0.148. The van der Waals surface area contributed by atoms with Gasteiger partial charge in [0.2, 0.25) is 0 Å². The van der Waals surface area contributed by atoms with Gasteiger partial charge in [-0.25, -0.2) is 8.42 Å². The van der Waals surface area contributed by atoms with Gasteiger partial charge >= 0.3 is 0 Å². The molecule has 7 heteroatoms. The molecule has 0 saturated carbocycles. The van der Waals surface area contributed by atoms with Crippen LogP contribution < -0.4 is 9.46 Å². The Kier molecular flexibility index (Phi) is 4.53. The average Bonchev–Trinajstić information content (AvgIpc) is 2.42. The van der Waals surface area contributed by atoms with Gasteiger partial charge in [-0.1, -0.05) is 0 Å². The van der Waals surface area contributed by atoms with Crippen LogP contribution in [-0.4, -0.2) is 20.5 Å². The number of nitrogens with zero attached hydrogens (tertiary/aromatic N) is 1. The van der Waals surface area contributed by atoms with Crippen LogP contribution in [0.25, 0.3) is 0 Å². The lowest BCUT2D eigenvalue weighted by molar-refractivity contribution is 0.411. The van der Waals surface area contributed by atoms with E-state index < -0.39 is 10.0 Å². The summed E-state index contributed by atoms with van der Waals surface area (Å²) in [6, 6.07) is 8.04. The van der Waals surface area contributed by atoms with E-state index in [2.05, 4.69) is 25.6 Å². The zero-order chi connectivity index (χ0) is 15.6. The van der Waals surface area contributed by atoms with Crippen LogP contribution in [0.15, 0.2) is 39.7 Å². The Bertz CT molecular complexity index is 776. The molecule has 0 bridgehead atoms. The minimum Gasteiger partial charge on any atom is -0.496 e. The Morgan fingerprint density at radius 2 is 1.90 bits per heavy atom. The van der Waals surface area contributed by atoms with Gasteiger partial charge in [-0.15, -0.1) is 0 Å². The third-order valence-corrected chi connectivity index (χ3v) is 4.89. The maximum atomic E-state index is 12.4. The first-order chi connectivity index (χ1) is 9.83. The SMILES string of the molecule is COc1ccc(S(=O)(=O)Nc2ccc(C)nc2C)cc1Br. The summed E-state index contributed by atoms with van der Waals surface area (Å²) in [5.41, 5.74) is 1.93. The highest BCUT2D eigenvalue weighted by atomic mass is 79.9. The van der Waals surface area contributed by atoms with Gasteiger partial charge in [0.25, 0.3) is 10.0 Å². The van der Waals surface area contributed by atoms with Gasteiger partial charge in [0.15, 0.2) is 0 Å². The van der Waals surface area contributed by atoms with E-state index in [1.54, 1.807) is 25.1 Å². The first-order valence-electron chi connectivity index (χ1n) is 6.14. The van der Waals surface area contributed by atoms with Gasteiger partial charge < -0.3 is 4.74 Å². The van der Waals surface area contributed by atoms with Crippen molar-refractivity contribution in [3.63, 3.8) is 0 Å². The number of pyridine rings is 1. The molecule has 0 fully saturated rings. The van der Waals surface area contributed by atoms with E-state index in [-0.39, 0.29) is 4.90 Å². The van der Waals surface area contributed by atoms with Crippen LogP contribution in [-0.2, 0) is 10.0 Å². The molecule has 0 unspecified atom stereocenters. The fourth-order valence-electron chi connectivity index (χ4n) is 1.81. The molecule has 2 rings (SSSR count). The van der Waals surface area contributed by atoms with Crippen LogP contribution in [0.3, 0.4) is 0 Å². The predicted octanol–water partition coefficient (Wildman–Crippen LogP) is 3.27. The van der Waals surface area contributed by atoms with Crippen molar-refractivity contribution >= 4 is 31.6 Å². The number of sulfonamides is 1. The predicted molar refractivity (Wildman–Crippen MR) is 85.2 cm³/mol. The third-order valence-electron chi connectivity index (χ3n) is 2.90. The van der Waals surface area contributed by atoms with Crippen molar-refractivity contribution < 1.29 is 13.2 Å². The molecule has 1 N–H and O–H groups in total. The Morgan fingerprint density at radius 3 is 2.48 bits per heavy atom. The number of hydrogen-bond donors (Lipinski definition) is 1. The standard InChI is InChI=1S/C14H15BrN2O3S/c1-9-4-6-13(10(2)16-9)17-21(18,19)11-5-7-14(20-3)12(15)8-11/h4-8,17H,1-3H3. The Morgan fingerprint density at radius 1 is 1.19 bits per heavy atom. The molecule has 1 aromatic heterocycles. The first kappa shape index (κ1) is 15.8. The quantitative estimate of drug-likeness (QED) is 0.896. The van der Waals surface area contributed by atoms with Gasteiger partial charge in [0.1, 0.15) is 5.75 Å². The molecule has 5 nitrogen and oxygen atoms in total. The summed E-state index contributed by atoms with van der Waals surface area (Å²) in [7, 11) is -2.15. The lowest BCUT2D eigenvalue weighted by Crippen LogP contribution is -2.14. The number of nitrogens with one attached hydrogen (secondary N) is 1. The minimum atomic E-state index is -3.67. The van der Waals surface area contributed by atoms with E-state index >= 15 is 0 Å². The Balaban J connectivity index is 2.36. The van der Waals surface area contributed by atoms with Gasteiger partial charge in [-0.2, -0.15) is 0 Å². The number of benzene rings is 1. The van der Waals surface area contributed by atoms with Crippen LogP contribution in [0.5, 0.6) is 5.75 Å². The number of aromatic nitrogens is 1. The van der Waals surface area contributed by atoms with Crippen molar-refractivity contribution in [2.45, 2.75) is 18.7 Å². The van der Waals surface area contributed by atoms with Gasteiger partial charge in [0.05, 0.1) is 27.9 Å². The molecule has 0 aliphatic rings. The number of hydrogen-bond acceptors (Lipinski definition) is 4. The number of anilines is 1. The molecule has 21 heavy (non-hydrogen) atoms. The van der Waals surface area contributed by atoms with Crippen LogP contribution in [0.4, 0.5) is 5.69 Å². The molecular weight excluding hydrogens is 356 g/mol. The second-order valence-electron chi connectivity index (χ2n) is 4.49. The topological polar surface area (TPSA) is 68.3 Å². The molecule has 0 atom stereocenters. The smallest absolute Gasteiger partial charge is 0.261 e. The lowest BCUT2D eigenvalue weighted by Gasteiger charge is -2.11. The highest BCUT2D eigenvalue weighted by Gasteiger charge is 2.17. The monoisotopic (exact) mass is 370 g/mol. The Hall–Kier alpha value is -1.60. The van der Waals surface area contributed by atoms with E-state index in [1.807, 2.05) is 6.92 Å². The summed E-state index contributed by atoms with van der Waals surface area (Å²) in [5.74, 6) is 0.571. The molecule has 0 aliphatic heterocycles. The maximum Gasteiger partial charge on any atom is 0.261 e. The Labute approximate surface area is 132 Å². The van der Waals surface area contributed by atoms with Gasteiger partial charge in [-0.05, 0) is 60.1 Å². The fourth-order valence-corrected chi connectivity index (χ4v) is 3.65. The van der Waals surface area contributed by atoms with Crippen molar-refractivity contribution in [2.75, 3.05) is 11.8 Å². The maximum absolute atomic E-state index is 12.4. The molecular formula is C14H15BrN2O3S. The van der Waals surface area contributed by atoms with Crippen LogP contribution >= 0.6 is 15.9 Å². The van der Waals surface area contributed by atoms with E-state index in [0.29, 0.717) is 21.6 Å². The fraction of sp³-hybridized carbons (Fsp3) is 0.214. The molecule has 0 saturated heterocycles. The first-order valence-corrected chi connectivity index (χ1v) is 8.42. The molecule has 0 spiro atoms. The van der Waals surface area contributed by atoms with E-state index in [4.69, 9.17) is 4.74 Å². The second kappa shape index (κ2) is 6.03. The largest absolute Gasteiger partial charge is 0.496 e. The zero-order valence-electron chi connectivity index (χ0n) is 11.8. The molecule has 0 aliphatic carbocycles. The number of methoxy groups -OCH3 is 1. The highest BCUT2D eigenvalue weighted by molar-refractivity contribution is 9.10. The van der Waals surface area contributed by atoms with Crippen molar-refractivity contribution in [2.24, 2.45) is 0 Å². The number of halogens is 1. The summed E-state index contributed by atoms with van der Waals surface area (Å²) >= 11 is 3.28. The van der Waals surface area contributed by atoms with Crippen LogP contribution in [0.1, 0.15) is 11.4 Å².